The highest BCUT2D eigenvalue weighted by Crippen LogP contribution is 2.21. The van der Waals surface area contributed by atoms with Crippen LogP contribution in [0.3, 0.4) is 0 Å². The number of oxime groups is 1. The molecule has 0 radical (unpaired) electrons. The van der Waals surface area contributed by atoms with Crippen LogP contribution < -0.4 is 0 Å². The lowest BCUT2D eigenvalue weighted by atomic mass is 10.1. The Morgan fingerprint density at radius 1 is 1.58 bits per heavy atom. The van der Waals surface area contributed by atoms with E-state index < -0.39 is 0 Å². The number of benzene rings is 1. The predicted octanol–water partition coefficient (Wildman–Crippen LogP) is 3.30. The zero-order valence-electron chi connectivity index (χ0n) is 6.38. The second-order valence-corrected chi connectivity index (χ2v) is 3.60. The van der Waals surface area contributed by atoms with Gasteiger partial charge in [-0.3, -0.25) is 0 Å². The molecule has 0 heterocycles. The summed E-state index contributed by atoms with van der Waals surface area (Å²) >= 11 is 9.04. The summed E-state index contributed by atoms with van der Waals surface area (Å²) in [6.45, 7) is 1.72. The average Bonchev–Trinajstić information content (AvgIpc) is 2.03. The number of rotatable bonds is 1. The van der Waals surface area contributed by atoms with Gasteiger partial charge >= 0.3 is 0 Å². The van der Waals surface area contributed by atoms with E-state index in [1.54, 1.807) is 25.1 Å². The molecule has 0 aliphatic rings. The molecule has 0 bridgehead atoms. The van der Waals surface area contributed by atoms with Crippen LogP contribution in [0.25, 0.3) is 0 Å². The maximum Gasteiger partial charge on any atom is 0.0848 e. The van der Waals surface area contributed by atoms with Crippen molar-refractivity contribution in [2.45, 2.75) is 6.92 Å². The van der Waals surface area contributed by atoms with Crippen molar-refractivity contribution in [3.63, 3.8) is 0 Å². The smallest absolute Gasteiger partial charge is 0.0848 e. The fourth-order valence-electron chi connectivity index (χ4n) is 0.837. The van der Waals surface area contributed by atoms with E-state index >= 15 is 0 Å². The van der Waals surface area contributed by atoms with Gasteiger partial charge in [-0.25, -0.2) is 0 Å². The summed E-state index contributed by atoms with van der Waals surface area (Å²) < 4.78 is 0.824. The molecule has 0 spiro atoms. The van der Waals surface area contributed by atoms with Gasteiger partial charge in [0.05, 0.1) is 5.71 Å². The van der Waals surface area contributed by atoms with Crippen LogP contribution in [0.15, 0.2) is 27.8 Å². The lowest BCUT2D eigenvalue weighted by Gasteiger charge is -2.01. The largest absolute Gasteiger partial charge is 0.411 e. The third-order valence-corrected chi connectivity index (χ3v) is 2.36. The number of hydrogen-bond donors (Lipinski definition) is 1. The third kappa shape index (κ3) is 1.99. The van der Waals surface area contributed by atoms with Crippen LogP contribution in [0.2, 0.25) is 5.02 Å². The zero-order chi connectivity index (χ0) is 9.14. The summed E-state index contributed by atoms with van der Waals surface area (Å²) in [5.74, 6) is 0. The van der Waals surface area contributed by atoms with Gasteiger partial charge in [0, 0.05) is 15.1 Å². The first-order chi connectivity index (χ1) is 5.65. The van der Waals surface area contributed by atoms with Crippen LogP contribution in [0.5, 0.6) is 0 Å². The second-order valence-electron chi connectivity index (χ2n) is 2.31. The van der Waals surface area contributed by atoms with Crippen molar-refractivity contribution in [3.05, 3.63) is 33.3 Å². The molecule has 0 aliphatic heterocycles. The molecule has 1 rings (SSSR count). The molecule has 0 fully saturated rings. The molecule has 0 aliphatic carbocycles. The first-order valence-electron chi connectivity index (χ1n) is 3.29. The van der Waals surface area contributed by atoms with Crippen molar-refractivity contribution < 1.29 is 5.21 Å². The summed E-state index contributed by atoms with van der Waals surface area (Å²) in [4.78, 5) is 0. The molecule has 12 heavy (non-hydrogen) atoms. The number of hydrogen-bond acceptors (Lipinski definition) is 2. The van der Waals surface area contributed by atoms with E-state index in [1.807, 2.05) is 0 Å². The van der Waals surface area contributed by atoms with Gasteiger partial charge in [0.2, 0.25) is 0 Å². The van der Waals surface area contributed by atoms with Crippen molar-refractivity contribution in [2.75, 3.05) is 0 Å². The van der Waals surface area contributed by atoms with Crippen molar-refractivity contribution in [1.82, 2.24) is 0 Å². The molecule has 2 nitrogen and oxygen atoms in total. The van der Waals surface area contributed by atoms with Crippen LogP contribution >= 0.6 is 27.5 Å². The molecule has 0 saturated carbocycles. The van der Waals surface area contributed by atoms with Gasteiger partial charge in [0.15, 0.2) is 0 Å². The van der Waals surface area contributed by atoms with Gasteiger partial charge in [-0.1, -0.05) is 38.8 Å². The Hall–Kier alpha value is -0.540. The Balaban J connectivity index is 3.18. The lowest BCUT2D eigenvalue weighted by Crippen LogP contribution is -1.95. The standard InChI is InChI=1S/C8H7BrClNO/c1-5(11-12)7-3-2-6(10)4-8(7)9/h2-4,12H,1H3. The fraction of sp³-hybridized carbons (Fsp3) is 0.125. The molecule has 4 heteroatoms. The molecule has 0 aromatic heterocycles. The van der Waals surface area contributed by atoms with E-state index in [9.17, 15) is 0 Å². The van der Waals surface area contributed by atoms with E-state index in [2.05, 4.69) is 21.1 Å². The van der Waals surface area contributed by atoms with E-state index in [0.717, 1.165) is 10.0 Å². The SMILES string of the molecule is CC(=NO)c1ccc(Cl)cc1Br. The van der Waals surface area contributed by atoms with Crippen molar-refractivity contribution in [3.8, 4) is 0 Å². The van der Waals surface area contributed by atoms with Gasteiger partial charge in [-0.15, -0.1) is 0 Å². The van der Waals surface area contributed by atoms with Crippen LogP contribution in [-0.2, 0) is 0 Å². The van der Waals surface area contributed by atoms with Gasteiger partial charge in [0.1, 0.15) is 0 Å². The Labute approximate surface area is 84.0 Å². The molecule has 64 valence electrons. The average molecular weight is 249 g/mol. The van der Waals surface area contributed by atoms with Crippen molar-refractivity contribution in [1.29, 1.82) is 0 Å². The summed E-state index contributed by atoms with van der Waals surface area (Å²) in [7, 11) is 0. The van der Waals surface area contributed by atoms with E-state index in [-0.39, 0.29) is 0 Å². The summed E-state index contributed by atoms with van der Waals surface area (Å²) in [6, 6.07) is 5.30. The van der Waals surface area contributed by atoms with Gasteiger partial charge < -0.3 is 5.21 Å². The highest BCUT2D eigenvalue weighted by atomic mass is 79.9. The van der Waals surface area contributed by atoms with Crippen LogP contribution in [0.4, 0.5) is 0 Å². The van der Waals surface area contributed by atoms with Gasteiger partial charge in [-0.05, 0) is 19.1 Å². The maximum absolute atomic E-state index is 8.52. The van der Waals surface area contributed by atoms with E-state index in [4.69, 9.17) is 16.8 Å². The Morgan fingerprint density at radius 3 is 2.75 bits per heavy atom. The fourth-order valence-corrected chi connectivity index (χ4v) is 1.81. The molecule has 0 saturated heterocycles. The van der Waals surface area contributed by atoms with Gasteiger partial charge in [-0.2, -0.15) is 0 Å². The summed E-state index contributed by atoms with van der Waals surface area (Å²) in [5, 5.41) is 12.3. The highest BCUT2D eigenvalue weighted by Gasteiger charge is 2.03. The highest BCUT2D eigenvalue weighted by molar-refractivity contribution is 9.10. The van der Waals surface area contributed by atoms with Crippen molar-refractivity contribution >= 4 is 33.2 Å². The zero-order valence-corrected chi connectivity index (χ0v) is 8.72. The molecular weight excluding hydrogens is 241 g/mol. The van der Waals surface area contributed by atoms with Crippen LogP contribution in [0.1, 0.15) is 12.5 Å². The molecule has 1 aromatic rings. The molecular formula is C8H7BrClNO. The van der Waals surface area contributed by atoms with Crippen LogP contribution in [-0.4, -0.2) is 10.9 Å². The Morgan fingerprint density at radius 2 is 2.25 bits per heavy atom. The first kappa shape index (κ1) is 9.55. The first-order valence-corrected chi connectivity index (χ1v) is 4.46. The summed E-state index contributed by atoms with van der Waals surface area (Å²) in [5.41, 5.74) is 1.39. The molecule has 0 atom stereocenters. The monoisotopic (exact) mass is 247 g/mol. The second kappa shape index (κ2) is 3.92. The Bertz CT molecular complexity index is 325. The minimum Gasteiger partial charge on any atom is -0.411 e. The number of halogens is 2. The van der Waals surface area contributed by atoms with E-state index in [1.165, 1.54) is 0 Å². The predicted molar refractivity (Wildman–Crippen MR) is 53.1 cm³/mol. The molecule has 0 amide bonds. The minimum absolute atomic E-state index is 0.554. The van der Waals surface area contributed by atoms with Crippen molar-refractivity contribution in [2.24, 2.45) is 5.16 Å². The van der Waals surface area contributed by atoms with Crippen LogP contribution in [0, 0.1) is 0 Å². The molecule has 1 N–H and O–H groups in total. The lowest BCUT2D eigenvalue weighted by molar-refractivity contribution is 0.319. The topological polar surface area (TPSA) is 32.6 Å². The Kier molecular flexibility index (Phi) is 3.12. The normalized spacial score (nSPS) is 11.8. The molecule has 1 aromatic carbocycles. The number of nitrogens with zero attached hydrogens (tertiary/aromatic N) is 1. The third-order valence-electron chi connectivity index (χ3n) is 1.47. The summed E-state index contributed by atoms with van der Waals surface area (Å²) in [6.07, 6.45) is 0. The molecule has 0 unspecified atom stereocenters. The van der Waals surface area contributed by atoms with E-state index in [0.29, 0.717) is 10.7 Å². The van der Waals surface area contributed by atoms with Gasteiger partial charge in [0.25, 0.3) is 0 Å². The maximum atomic E-state index is 8.52. The quantitative estimate of drug-likeness (QED) is 0.462. The minimum atomic E-state index is 0.554.